The van der Waals surface area contributed by atoms with Gasteiger partial charge in [0.1, 0.15) is 5.82 Å². The van der Waals surface area contributed by atoms with E-state index < -0.39 is 0 Å². The number of benzene rings is 2. The summed E-state index contributed by atoms with van der Waals surface area (Å²) < 4.78 is 1.85. The predicted octanol–water partition coefficient (Wildman–Crippen LogP) is 4.57. The maximum Gasteiger partial charge on any atom is 0.235 e. The third-order valence-electron chi connectivity index (χ3n) is 4.73. The van der Waals surface area contributed by atoms with E-state index in [1.54, 1.807) is 11.8 Å². The average molecular weight is 363 g/mol. The second-order valence-corrected chi connectivity index (χ2v) is 7.79. The molecule has 4 rings (SSSR count). The van der Waals surface area contributed by atoms with E-state index in [-0.39, 0.29) is 11.2 Å². The molecule has 1 unspecified atom stereocenters. The van der Waals surface area contributed by atoms with E-state index in [4.69, 9.17) is 5.10 Å². The number of thioether (sulfide) groups is 1. The molecule has 0 fully saturated rings. The molecule has 0 bridgehead atoms. The first-order valence-electron chi connectivity index (χ1n) is 8.68. The number of nitrogens with zero attached hydrogens (tertiary/aromatic N) is 2. The van der Waals surface area contributed by atoms with Gasteiger partial charge in [0.05, 0.1) is 22.4 Å². The molecule has 1 amide bonds. The van der Waals surface area contributed by atoms with E-state index in [1.807, 2.05) is 41.9 Å². The summed E-state index contributed by atoms with van der Waals surface area (Å²) in [7, 11) is 0. The highest BCUT2D eigenvalue weighted by Crippen LogP contribution is 2.44. The lowest BCUT2D eigenvalue weighted by Crippen LogP contribution is -2.15. The number of aryl methyl sites for hydroxylation is 3. The number of carbonyl (C=O) groups is 1. The average Bonchev–Trinajstić information content (AvgIpc) is 2.84. The molecule has 5 heteroatoms. The highest BCUT2D eigenvalue weighted by molar-refractivity contribution is 8.00. The summed E-state index contributed by atoms with van der Waals surface area (Å²) in [4.78, 5) is 12.4. The molecule has 0 radical (unpaired) electrons. The molecule has 1 aliphatic rings. The number of amides is 1. The van der Waals surface area contributed by atoms with Gasteiger partial charge in [0, 0.05) is 5.56 Å². The normalized spacial score (nSPS) is 16.7. The van der Waals surface area contributed by atoms with Gasteiger partial charge in [0.25, 0.3) is 0 Å². The van der Waals surface area contributed by atoms with Crippen LogP contribution in [-0.4, -0.2) is 21.4 Å². The SMILES string of the molecule is Cc1ccc(C)c(C2SCC(=O)Nc3c2c(C)nn3-c2ccccc2)c1. The van der Waals surface area contributed by atoms with Crippen molar-refractivity contribution >= 4 is 23.5 Å². The first-order valence-corrected chi connectivity index (χ1v) is 9.73. The van der Waals surface area contributed by atoms with Crippen LogP contribution in [0, 0.1) is 20.8 Å². The lowest BCUT2D eigenvalue weighted by atomic mass is 9.98. The predicted molar refractivity (Wildman–Crippen MR) is 107 cm³/mol. The van der Waals surface area contributed by atoms with Crippen LogP contribution in [0.3, 0.4) is 0 Å². The lowest BCUT2D eigenvalue weighted by Gasteiger charge is -2.18. The van der Waals surface area contributed by atoms with Crippen LogP contribution >= 0.6 is 11.8 Å². The summed E-state index contributed by atoms with van der Waals surface area (Å²) in [5.41, 5.74) is 6.71. The van der Waals surface area contributed by atoms with Crippen molar-refractivity contribution in [3.63, 3.8) is 0 Å². The second kappa shape index (κ2) is 6.65. The first-order chi connectivity index (χ1) is 12.5. The molecule has 132 valence electrons. The van der Waals surface area contributed by atoms with Crippen molar-refractivity contribution < 1.29 is 4.79 Å². The van der Waals surface area contributed by atoms with Gasteiger partial charge in [0.15, 0.2) is 0 Å². The molecule has 0 aliphatic carbocycles. The van der Waals surface area contributed by atoms with Crippen LogP contribution in [0.1, 0.15) is 33.2 Å². The van der Waals surface area contributed by atoms with Crippen LogP contribution < -0.4 is 5.32 Å². The fourth-order valence-corrected chi connectivity index (χ4v) is 4.70. The van der Waals surface area contributed by atoms with Gasteiger partial charge >= 0.3 is 0 Å². The summed E-state index contributed by atoms with van der Waals surface area (Å²) in [5.74, 6) is 1.23. The van der Waals surface area contributed by atoms with Crippen LogP contribution in [-0.2, 0) is 4.79 Å². The van der Waals surface area contributed by atoms with Crippen LogP contribution in [0.2, 0.25) is 0 Å². The van der Waals surface area contributed by atoms with Crippen molar-refractivity contribution in [1.82, 2.24) is 9.78 Å². The van der Waals surface area contributed by atoms with Crippen LogP contribution in [0.15, 0.2) is 48.5 Å². The smallest absolute Gasteiger partial charge is 0.235 e. The zero-order chi connectivity index (χ0) is 18.3. The zero-order valence-electron chi connectivity index (χ0n) is 15.1. The number of rotatable bonds is 2. The van der Waals surface area contributed by atoms with E-state index in [0.29, 0.717) is 5.75 Å². The summed E-state index contributed by atoms with van der Waals surface area (Å²) in [6.07, 6.45) is 0. The third kappa shape index (κ3) is 2.92. The molecule has 2 aromatic carbocycles. The Hall–Kier alpha value is -2.53. The number of fused-ring (bicyclic) bond motifs is 1. The Balaban J connectivity index is 1.93. The van der Waals surface area contributed by atoms with Gasteiger partial charge in [-0.1, -0.05) is 42.0 Å². The van der Waals surface area contributed by atoms with Gasteiger partial charge in [-0.05, 0) is 44.0 Å². The molecule has 26 heavy (non-hydrogen) atoms. The molecule has 1 aromatic heterocycles. The topological polar surface area (TPSA) is 46.9 Å². The van der Waals surface area contributed by atoms with Crippen molar-refractivity contribution in [2.24, 2.45) is 0 Å². The van der Waals surface area contributed by atoms with E-state index in [2.05, 4.69) is 37.4 Å². The molecule has 1 aliphatic heterocycles. The summed E-state index contributed by atoms with van der Waals surface area (Å²) in [5, 5.41) is 7.92. The second-order valence-electron chi connectivity index (χ2n) is 6.69. The molecule has 1 atom stereocenters. The van der Waals surface area contributed by atoms with Gasteiger partial charge in [-0.15, -0.1) is 11.8 Å². The number of aromatic nitrogens is 2. The minimum absolute atomic E-state index is 0.0149. The highest BCUT2D eigenvalue weighted by atomic mass is 32.2. The molecular weight excluding hydrogens is 342 g/mol. The zero-order valence-corrected chi connectivity index (χ0v) is 15.9. The van der Waals surface area contributed by atoms with E-state index in [9.17, 15) is 4.79 Å². The van der Waals surface area contributed by atoms with Gasteiger partial charge in [-0.25, -0.2) is 4.68 Å². The molecule has 0 spiro atoms. The van der Waals surface area contributed by atoms with Crippen LogP contribution in [0.5, 0.6) is 0 Å². The fraction of sp³-hybridized carbons (Fsp3) is 0.238. The minimum Gasteiger partial charge on any atom is -0.310 e. The van der Waals surface area contributed by atoms with Crippen LogP contribution in [0.25, 0.3) is 5.69 Å². The number of hydrogen-bond acceptors (Lipinski definition) is 3. The van der Waals surface area contributed by atoms with Gasteiger partial charge in [-0.2, -0.15) is 5.10 Å². The molecular formula is C21H21N3OS. The summed E-state index contributed by atoms with van der Waals surface area (Å²) in [6.45, 7) is 6.26. The van der Waals surface area contributed by atoms with Gasteiger partial charge < -0.3 is 5.32 Å². The molecule has 1 N–H and O–H groups in total. The Bertz CT molecular complexity index is 978. The summed E-state index contributed by atoms with van der Waals surface area (Å²) in [6, 6.07) is 16.5. The van der Waals surface area contributed by atoms with Crippen molar-refractivity contribution in [3.05, 3.63) is 76.5 Å². The number of para-hydroxylation sites is 1. The maximum atomic E-state index is 12.4. The Kier molecular flexibility index (Phi) is 4.32. The minimum atomic E-state index is 0.0149. The van der Waals surface area contributed by atoms with Gasteiger partial charge in [0.2, 0.25) is 5.91 Å². The quantitative estimate of drug-likeness (QED) is 0.725. The Morgan fingerprint density at radius 2 is 1.88 bits per heavy atom. The first kappa shape index (κ1) is 16.9. The van der Waals surface area contributed by atoms with Crippen molar-refractivity contribution in [3.8, 4) is 5.69 Å². The Morgan fingerprint density at radius 1 is 1.12 bits per heavy atom. The number of anilines is 1. The van der Waals surface area contributed by atoms with E-state index in [1.165, 1.54) is 16.7 Å². The van der Waals surface area contributed by atoms with Crippen LogP contribution in [0.4, 0.5) is 5.82 Å². The standard InChI is InChI=1S/C21H21N3OS/c1-13-9-10-14(2)17(11-13)20-19-15(3)23-24(16-7-5-4-6-8-16)21(19)22-18(25)12-26-20/h4-11,20H,12H2,1-3H3,(H,22,25). The molecule has 0 saturated carbocycles. The van der Waals surface area contributed by atoms with Gasteiger partial charge in [-0.3, -0.25) is 4.79 Å². The Labute approximate surface area is 157 Å². The highest BCUT2D eigenvalue weighted by Gasteiger charge is 2.31. The molecule has 4 nitrogen and oxygen atoms in total. The number of carbonyl (C=O) groups excluding carboxylic acids is 1. The lowest BCUT2D eigenvalue weighted by molar-refractivity contribution is -0.113. The van der Waals surface area contributed by atoms with E-state index in [0.717, 1.165) is 22.8 Å². The van der Waals surface area contributed by atoms with Crippen molar-refractivity contribution in [2.45, 2.75) is 26.0 Å². The largest absolute Gasteiger partial charge is 0.310 e. The third-order valence-corrected chi connectivity index (χ3v) is 5.98. The number of nitrogens with one attached hydrogen (secondary N) is 1. The van der Waals surface area contributed by atoms with Crippen molar-refractivity contribution in [1.29, 1.82) is 0 Å². The molecule has 2 heterocycles. The molecule has 0 saturated heterocycles. The number of hydrogen-bond donors (Lipinski definition) is 1. The summed E-state index contributed by atoms with van der Waals surface area (Å²) >= 11 is 1.67. The fourth-order valence-electron chi connectivity index (χ4n) is 3.43. The van der Waals surface area contributed by atoms with Crippen molar-refractivity contribution in [2.75, 3.05) is 11.1 Å². The Morgan fingerprint density at radius 3 is 2.65 bits per heavy atom. The van der Waals surface area contributed by atoms with E-state index >= 15 is 0 Å². The monoisotopic (exact) mass is 363 g/mol. The maximum absolute atomic E-state index is 12.4. The molecule has 3 aromatic rings.